The van der Waals surface area contributed by atoms with E-state index in [0.717, 1.165) is 31.4 Å². The summed E-state index contributed by atoms with van der Waals surface area (Å²) in [5, 5.41) is 0. The van der Waals surface area contributed by atoms with E-state index in [0.29, 0.717) is 11.5 Å². The topological polar surface area (TPSA) is 65.1 Å². The predicted octanol–water partition coefficient (Wildman–Crippen LogP) is 2.66. The molecule has 0 saturated carbocycles. The molecule has 2 rings (SSSR count). The Morgan fingerprint density at radius 2 is 1.96 bits per heavy atom. The Morgan fingerprint density at radius 1 is 1.20 bits per heavy atom. The summed E-state index contributed by atoms with van der Waals surface area (Å²) in [7, 11) is 3.11. The lowest BCUT2D eigenvalue weighted by Crippen LogP contribution is -2.44. The van der Waals surface area contributed by atoms with Gasteiger partial charge in [-0.3, -0.25) is 4.79 Å². The smallest absolute Gasteiger partial charge is 0.331 e. The quantitative estimate of drug-likeness (QED) is 0.585. The van der Waals surface area contributed by atoms with Crippen molar-refractivity contribution in [1.82, 2.24) is 4.90 Å². The number of benzene rings is 1. The van der Waals surface area contributed by atoms with Crippen molar-refractivity contribution >= 4 is 18.0 Å². The van der Waals surface area contributed by atoms with Gasteiger partial charge < -0.3 is 19.1 Å². The standard InChI is InChI=1S/C19H25NO5/c1-14-6-4-5-11-20(14)18(21)13-25-19(22)10-8-15-7-9-16(23-2)17(12-15)24-3/h7-10,12,14H,4-6,11,13H2,1-3H3/b10-8+/t14-/m1/s1. The molecule has 1 heterocycles. The Bertz CT molecular complexity index is 641. The number of rotatable bonds is 6. The van der Waals surface area contributed by atoms with Crippen LogP contribution in [0, 0.1) is 0 Å². The summed E-state index contributed by atoms with van der Waals surface area (Å²) in [4.78, 5) is 25.7. The zero-order valence-corrected chi connectivity index (χ0v) is 15.0. The molecule has 6 nitrogen and oxygen atoms in total. The van der Waals surface area contributed by atoms with E-state index in [1.54, 1.807) is 43.4 Å². The maximum Gasteiger partial charge on any atom is 0.331 e. The first kappa shape index (κ1) is 18.8. The Kier molecular flexibility index (Phi) is 6.86. The van der Waals surface area contributed by atoms with Crippen molar-refractivity contribution in [1.29, 1.82) is 0 Å². The molecule has 1 aromatic rings. The third kappa shape index (κ3) is 5.24. The molecule has 1 fully saturated rings. The molecule has 1 atom stereocenters. The molecule has 0 unspecified atom stereocenters. The second-order valence-corrected chi connectivity index (χ2v) is 5.99. The molecule has 1 amide bonds. The number of likely N-dealkylation sites (tertiary alicyclic amines) is 1. The van der Waals surface area contributed by atoms with Crippen LogP contribution < -0.4 is 9.47 Å². The summed E-state index contributed by atoms with van der Waals surface area (Å²) in [6.07, 6.45) is 6.05. The van der Waals surface area contributed by atoms with Crippen molar-refractivity contribution in [3.63, 3.8) is 0 Å². The minimum absolute atomic E-state index is 0.139. The monoisotopic (exact) mass is 347 g/mol. The lowest BCUT2D eigenvalue weighted by atomic mass is 10.0. The van der Waals surface area contributed by atoms with Crippen molar-refractivity contribution in [2.75, 3.05) is 27.4 Å². The summed E-state index contributed by atoms with van der Waals surface area (Å²) in [5.74, 6) is 0.503. The summed E-state index contributed by atoms with van der Waals surface area (Å²) in [6.45, 7) is 2.54. The fraction of sp³-hybridized carbons (Fsp3) is 0.474. The number of carbonyl (C=O) groups is 2. The maximum absolute atomic E-state index is 12.1. The lowest BCUT2D eigenvalue weighted by Gasteiger charge is -2.33. The van der Waals surface area contributed by atoms with Gasteiger partial charge in [0, 0.05) is 18.7 Å². The van der Waals surface area contributed by atoms with E-state index < -0.39 is 5.97 Å². The van der Waals surface area contributed by atoms with Crippen LogP contribution in [0.3, 0.4) is 0 Å². The van der Waals surface area contributed by atoms with Gasteiger partial charge >= 0.3 is 5.97 Å². The van der Waals surface area contributed by atoms with E-state index in [4.69, 9.17) is 14.2 Å². The highest BCUT2D eigenvalue weighted by atomic mass is 16.5. The molecular weight excluding hydrogens is 322 g/mol. The third-order valence-corrected chi connectivity index (χ3v) is 4.28. The molecule has 0 aliphatic carbocycles. The van der Waals surface area contributed by atoms with Crippen LogP contribution in [0.25, 0.3) is 6.08 Å². The van der Waals surface area contributed by atoms with Crippen molar-refractivity contribution in [3.05, 3.63) is 29.8 Å². The fourth-order valence-corrected chi connectivity index (χ4v) is 2.85. The predicted molar refractivity (Wildman–Crippen MR) is 94.6 cm³/mol. The highest BCUT2D eigenvalue weighted by Crippen LogP contribution is 2.27. The minimum atomic E-state index is -0.548. The molecule has 136 valence electrons. The Balaban J connectivity index is 1.87. The molecule has 0 aromatic heterocycles. The van der Waals surface area contributed by atoms with Crippen LogP contribution in [-0.2, 0) is 14.3 Å². The highest BCUT2D eigenvalue weighted by molar-refractivity contribution is 5.89. The third-order valence-electron chi connectivity index (χ3n) is 4.28. The van der Waals surface area contributed by atoms with Gasteiger partial charge in [0.2, 0.25) is 0 Å². The lowest BCUT2D eigenvalue weighted by molar-refractivity contribution is -0.149. The summed E-state index contributed by atoms with van der Waals surface area (Å²) >= 11 is 0. The van der Waals surface area contributed by atoms with E-state index in [2.05, 4.69) is 0 Å². The van der Waals surface area contributed by atoms with Gasteiger partial charge in [0.1, 0.15) is 0 Å². The zero-order chi connectivity index (χ0) is 18.2. The maximum atomic E-state index is 12.1. The van der Waals surface area contributed by atoms with Crippen molar-refractivity contribution in [2.24, 2.45) is 0 Å². The number of amides is 1. The first-order chi connectivity index (χ1) is 12.0. The van der Waals surface area contributed by atoms with E-state index in [1.807, 2.05) is 6.92 Å². The highest BCUT2D eigenvalue weighted by Gasteiger charge is 2.23. The average Bonchev–Trinajstić information content (AvgIpc) is 2.64. The van der Waals surface area contributed by atoms with E-state index in [1.165, 1.54) is 6.08 Å². The van der Waals surface area contributed by atoms with Gasteiger partial charge in [0.25, 0.3) is 5.91 Å². The van der Waals surface area contributed by atoms with Crippen LogP contribution in [0.15, 0.2) is 24.3 Å². The molecule has 1 aliphatic rings. The number of hydrogen-bond acceptors (Lipinski definition) is 5. The van der Waals surface area contributed by atoms with Crippen molar-refractivity contribution in [3.8, 4) is 11.5 Å². The second kappa shape index (κ2) is 9.11. The van der Waals surface area contributed by atoms with E-state index >= 15 is 0 Å². The molecule has 1 aromatic carbocycles. The van der Waals surface area contributed by atoms with Gasteiger partial charge in [0.05, 0.1) is 14.2 Å². The molecule has 0 bridgehead atoms. The molecular formula is C19H25NO5. The van der Waals surface area contributed by atoms with Crippen LogP contribution in [0.4, 0.5) is 0 Å². The second-order valence-electron chi connectivity index (χ2n) is 5.99. The van der Waals surface area contributed by atoms with Gasteiger partial charge in [0.15, 0.2) is 18.1 Å². The average molecular weight is 347 g/mol. The summed E-state index contributed by atoms with van der Waals surface area (Å²) in [6, 6.07) is 5.52. The van der Waals surface area contributed by atoms with Crippen LogP contribution in [0.1, 0.15) is 31.7 Å². The van der Waals surface area contributed by atoms with Crippen molar-refractivity contribution < 1.29 is 23.8 Å². The molecule has 1 aliphatic heterocycles. The van der Waals surface area contributed by atoms with Crippen molar-refractivity contribution in [2.45, 2.75) is 32.2 Å². The normalized spacial score (nSPS) is 17.4. The Morgan fingerprint density at radius 3 is 2.64 bits per heavy atom. The summed E-state index contributed by atoms with van der Waals surface area (Å²) < 4.78 is 15.4. The number of ether oxygens (including phenoxy) is 3. The Hall–Kier alpha value is -2.50. The van der Waals surface area contributed by atoms with Gasteiger partial charge in [-0.2, -0.15) is 0 Å². The number of carbonyl (C=O) groups excluding carboxylic acids is 2. The van der Waals surface area contributed by atoms with E-state index in [-0.39, 0.29) is 18.6 Å². The first-order valence-corrected chi connectivity index (χ1v) is 8.41. The number of hydrogen-bond donors (Lipinski definition) is 0. The van der Waals surface area contributed by atoms with Gasteiger partial charge in [-0.25, -0.2) is 4.79 Å². The minimum Gasteiger partial charge on any atom is -0.493 e. The number of piperidine rings is 1. The van der Waals surface area contributed by atoms with Gasteiger partial charge in [-0.05, 0) is 50.0 Å². The molecule has 6 heteroatoms. The van der Waals surface area contributed by atoms with Crippen LogP contribution >= 0.6 is 0 Å². The Labute approximate surface area is 148 Å². The number of methoxy groups -OCH3 is 2. The van der Waals surface area contributed by atoms with Crippen LogP contribution in [0.5, 0.6) is 11.5 Å². The molecule has 1 saturated heterocycles. The van der Waals surface area contributed by atoms with Gasteiger partial charge in [-0.15, -0.1) is 0 Å². The zero-order valence-electron chi connectivity index (χ0n) is 15.0. The molecule has 0 spiro atoms. The molecule has 25 heavy (non-hydrogen) atoms. The van der Waals surface area contributed by atoms with Gasteiger partial charge in [-0.1, -0.05) is 6.07 Å². The molecule has 0 N–H and O–H groups in total. The first-order valence-electron chi connectivity index (χ1n) is 8.41. The fourth-order valence-electron chi connectivity index (χ4n) is 2.85. The number of esters is 1. The number of nitrogens with zero attached hydrogens (tertiary/aromatic N) is 1. The van der Waals surface area contributed by atoms with Crippen LogP contribution in [-0.4, -0.2) is 50.2 Å². The molecule has 0 radical (unpaired) electrons. The largest absolute Gasteiger partial charge is 0.493 e. The summed E-state index contributed by atoms with van der Waals surface area (Å²) in [5.41, 5.74) is 0.769. The van der Waals surface area contributed by atoms with Crippen LogP contribution in [0.2, 0.25) is 0 Å². The van der Waals surface area contributed by atoms with E-state index in [9.17, 15) is 9.59 Å². The SMILES string of the molecule is COc1ccc(/C=C/C(=O)OCC(=O)N2CCCC[C@H]2C)cc1OC.